The number of ketones is 1. The number of epoxide rings is 1. The first-order valence-corrected chi connectivity index (χ1v) is 6.59. The normalized spacial score (nSPS) is 21.2. The molecule has 0 radical (unpaired) electrons. The van der Waals surface area contributed by atoms with E-state index in [2.05, 4.69) is 6.92 Å². The van der Waals surface area contributed by atoms with Crippen molar-refractivity contribution in [3.8, 4) is 5.75 Å². The summed E-state index contributed by atoms with van der Waals surface area (Å²) in [6.07, 6.45) is 1.73. The lowest BCUT2D eigenvalue weighted by molar-refractivity contribution is 0.0501. The molecule has 0 aliphatic carbocycles. The molecule has 0 amide bonds. The van der Waals surface area contributed by atoms with Gasteiger partial charge in [0.1, 0.15) is 11.9 Å². The predicted molar refractivity (Wildman–Crippen MR) is 71.6 cm³/mol. The summed E-state index contributed by atoms with van der Waals surface area (Å²) < 4.78 is 15.8. The van der Waals surface area contributed by atoms with E-state index < -0.39 is 0 Å². The van der Waals surface area contributed by atoms with Crippen LogP contribution in [0.5, 0.6) is 5.75 Å². The van der Waals surface area contributed by atoms with Crippen molar-refractivity contribution in [3.05, 3.63) is 29.3 Å². The van der Waals surface area contributed by atoms with Crippen LogP contribution in [0.2, 0.25) is 0 Å². The number of hydrogen-bond donors (Lipinski definition) is 0. The second-order valence-electron chi connectivity index (χ2n) is 4.80. The van der Waals surface area contributed by atoms with Crippen molar-refractivity contribution in [1.29, 1.82) is 0 Å². The third-order valence-electron chi connectivity index (χ3n) is 3.15. The van der Waals surface area contributed by atoms with Gasteiger partial charge in [-0.3, -0.25) is 4.79 Å². The summed E-state index contributed by atoms with van der Waals surface area (Å²) in [5.74, 6) is 0.566. The van der Waals surface area contributed by atoms with Crippen molar-refractivity contribution in [2.24, 2.45) is 0 Å². The summed E-state index contributed by atoms with van der Waals surface area (Å²) in [6, 6.07) is 5.57. The molecule has 0 unspecified atom stereocenters. The van der Waals surface area contributed by atoms with Gasteiger partial charge in [-0.2, -0.15) is 0 Å². The molecule has 1 aromatic rings. The Balaban J connectivity index is 2.13. The first-order valence-electron chi connectivity index (χ1n) is 6.59. The fraction of sp³-hybridized carbons (Fsp3) is 0.533. The lowest BCUT2D eigenvalue weighted by Crippen LogP contribution is -2.13. The van der Waals surface area contributed by atoms with Crippen LogP contribution in [0.3, 0.4) is 0 Å². The number of methoxy groups -OCH3 is 1. The number of aryl methyl sites for hydroxylation is 1. The molecule has 19 heavy (non-hydrogen) atoms. The average Bonchev–Trinajstić information content (AvgIpc) is 3.16. The van der Waals surface area contributed by atoms with Gasteiger partial charge >= 0.3 is 0 Å². The van der Waals surface area contributed by atoms with Crippen LogP contribution in [0.25, 0.3) is 0 Å². The van der Waals surface area contributed by atoms with Crippen LogP contribution in [0.15, 0.2) is 18.2 Å². The predicted octanol–water partition coefficient (Wildman–Crippen LogP) is 2.73. The lowest BCUT2D eigenvalue weighted by Gasteiger charge is -2.10. The maximum Gasteiger partial charge on any atom is 0.197 e. The minimum atomic E-state index is -0.299. The van der Waals surface area contributed by atoms with Gasteiger partial charge in [0.25, 0.3) is 0 Å². The SMILES string of the molecule is CCC[C@@H]1O[C@H]1C(=O)c1cc(C)ccc1OCOC. The molecule has 1 aliphatic heterocycles. The molecule has 1 aliphatic rings. The molecule has 1 aromatic carbocycles. The van der Waals surface area contributed by atoms with Crippen LogP contribution < -0.4 is 4.74 Å². The first-order chi connectivity index (χ1) is 9.17. The van der Waals surface area contributed by atoms with Gasteiger partial charge in [0.15, 0.2) is 12.6 Å². The Labute approximate surface area is 113 Å². The van der Waals surface area contributed by atoms with Gasteiger partial charge in [-0.25, -0.2) is 0 Å². The highest BCUT2D eigenvalue weighted by Gasteiger charge is 2.44. The van der Waals surface area contributed by atoms with Crippen molar-refractivity contribution in [2.75, 3.05) is 13.9 Å². The number of benzene rings is 1. The largest absolute Gasteiger partial charge is 0.467 e. The van der Waals surface area contributed by atoms with Gasteiger partial charge in [0, 0.05) is 7.11 Å². The standard InChI is InChI=1S/C15H20O4/c1-4-5-13-15(19-13)14(16)11-8-10(2)6-7-12(11)18-9-17-3/h6-8,13,15H,4-5,9H2,1-3H3/t13-,15+/m0/s1. The van der Waals surface area contributed by atoms with Crippen molar-refractivity contribution in [1.82, 2.24) is 0 Å². The zero-order valence-corrected chi connectivity index (χ0v) is 11.6. The Kier molecular flexibility index (Phi) is 4.56. The third kappa shape index (κ3) is 3.33. The molecular weight excluding hydrogens is 244 g/mol. The number of carbonyl (C=O) groups excluding carboxylic acids is 1. The first kappa shape index (κ1) is 14.0. The zero-order valence-electron chi connectivity index (χ0n) is 11.6. The summed E-state index contributed by atoms with van der Waals surface area (Å²) in [6.45, 7) is 4.17. The average molecular weight is 264 g/mol. The number of carbonyl (C=O) groups is 1. The van der Waals surface area contributed by atoms with E-state index in [1.54, 1.807) is 13.2 Å². The quantitative estimate of drug-likeness (QED) is 0.431. The second kappa shape index (κ2) is 6.17. The Morgan fingerprint density at radius 3 is 2.89 bits per heavy atom. The van der Waals surface area contributed by atoms with E-state index in [0.29, 0.717) is 11.3 Å². The van der Waals surface area contributed by atoms with Crippen LogP contribution in [-0.4, -0.2) is 31.9 Å². The second-order valence-corrected chi connectivity index (χ2v) is 4.80. The molecule has 0 spiro atoms. The molecule has 104 valence electrons. The fourth-order valence-corrected chi connectivity index (χ4v) is 2.12. The molecule has 1 fully saturated rings. The molecule has 2 rings (SSSR count). The van der Waals surface area contributed by atoms with E-state index in [4.69, 9.17) is 14.2 Å². The maximum absolute atomic E-state index is 12.4. The van der Waals surface area contributed by atoms with Crippen LogP contribution in [-0.2, 0) is 9.47 Å². The summed E-state index contributed by atoms with van der Waals surface area (Å²) in [4.78, 5) is 12.4. The third-order valence-corrected chi connectivity index (χ3v) is 3.15. The summed E-state index contributed by atoms with van der Waals surface area (Å²) in [5, 5.41) is 0. The summed E-state index contributed by atoms with van der Waals surface area (Å²) in [5.41, 5.74) is 1.61. The fourth-order valence-electron chi connectivity index (χ4n) is 2.12. The van der Waals surface area contributed by atoms with Crippen molar-refractivity contribution in [3.63, 3.8) is 0 Å². The molecule has 1 saturated heterocycles. The lowest BCUT2D eigenvalue weighted by atomic mass is 10.0. The molecule has 0 N–H and O–H groups in total. The Morgan fingerprint density at radius 2 is 2.21 bits per heavy atom. The van der Waals surface area contributed by atoms with Gasteiger partial charge in [0.2, 0.25) is 0 Å². The minimum Gasteiger partial charge on any atom is -0.467 e. The van der Waals surface area contributed by atoms with Crippen LogP contribution in [0.1, 0.15) is 35.7 Å². The summed E-state index contributed by atoms with van der Waals surface area (Å²) in [7, 11) is 1.55. The van der Waals surface area contributed by atoms with Gasteiger partial charge in [-0.1, -0.05) is 25.0 Å². The highest BCUT2D eigenvalue weighted by molar-refractivity contribution is 6.03. The minimum absolute atomic E-state index is 0.00764. The van der Waals surface area contributed by atoms with Crippen LogP contribution >= 0.6 is 0 Å². The molecule has 4 nitrogen and oxygen atoms in total. The zero-order chi connectivity index (χ0) is 13.8. The van der Waals surface area contributed by atoms with E-state index in [9.17, 15) is 4.79 Å². The topological polar surface area (TPSA) is 48.1 Å². The Hall–Kier alpha value is -1.39. The highest BCUT2D eigenvalue weighted by atomic mass is 16.7. The smallest absolute Gasteiger partial charge is 0.197 e. The van der Waals surface area contributed by atoms with Crippen LogP contribution in [0.4, 0.5) is 0 Å². The van der Waals surface area contributed by atoms with E-state index in [1.807, 2.05) is 19.1 Å². The van der Waals surface area contributed by atoms with Crippen LogP contribution in [0, 0.1) is 6.92 Å². The molecule has 1 heterocycles. The van der Waals surface area contributed by atoms with Crippen molar-refractivity contribution < 1.29 is 19.0 Å². The highest BCUT2D eigenvalue weighted by Crippen LogP contribution is 2.32. The van der Waals surface area contributed by atoms with Crippen molar-refractivity contribution >= 4 is 5.78 Å². The molecule has 0 saturated carbocycles. The number of Topliss-reactive ketones (excluding diaryl/α,β-unsaturated/α-hetero) is 1. The van der Waals surface area contributed by atoms with E-state index in [0.717, 1.165) is 18.4 Å². The number of ether oxygens (including phenoxy) is 3. The van der Waals surface area contributed by atoms with E-state index >= 15 is 0 Å². The molecular formula is C15H20O4. The van der Waals surface area contributed by atoms with E-state index in [1.165, 1.54) is 0 Å². The van der Waals surface area contributed by atoms with Gasteiger partial charge < -0.3 is 14.2 Å². The van der Waals surface area contributed by atoms with Gasteiger partial charge in [-0.15, -0.1) is 0 Å². The summed E-state index contributed by atoms with van der Waals surface area (Å²) >= 11 is 0. The van der Waals surface area contributed by atoms with Crippen molar-refractivity contribution in [2.45, 2.75) is 38.9 Å². The molecule has 0 bridgehead atoms. The Morgan fingerprint density at radius 1 is 1.42 bits per heavy atom. The molecule has 4 heteroatoms. The van der Waals surface area contributed by atoms with Gasteiger partial charge in [-0.05, 0) is 25.5 Å². The number of rotatable bonds is 7. The maximum atomic E-state index is 12.4. The monoisotopic (exact) mass is 264 g/mol. The molecule has 2 atom stereocenters. The Bertz CT molecular complexity index is 455. The van der Waals surface area contributed by atoms with E-state index in [-0.39, 0.29) is 24.8 Å². The molecule has 0 aromatic heterocycles. The van der Waals surface area contributed by atoms with Gasteiger partial charge in [0.05, 0.1) is 11.7 Å². The number of hydrogen-bond acceptors (Lipinski definition) is 4.